The Kier molecular flexibility index (Phi) is 2.41. The van der Waals surface area contributed by atoms with Crippen molar-refractivity contribution in [3.05, 3.63) is 46.8 Å². The number of ether oxygens (including phenoxy) is 1. The van der Waals surface area contributed by atoms with Crippen molar-refractivity contribution >= 4 is 32.2 Å². The molecule has 0 saturated carbocycles. The summed E-state index contributed by atoms with van der Waals surface area (Å²) in [5, 5.41) is 4.41. The second-order valence-corrected chi connectivity index (χ2v) is 5.80. The highest BCUT2D eigenvalue weighted by atomic mass is 32.1. The van der Waals surface area contributed by atoms with Gasteiger partial charge in [0.25, 0.3) is 0 Å². The van der Waals surface area contributed by atoms with Crippen LogP contribution in [0.3, 0.4) is 0 Å². The van der Waals surface area contributed by atoms with Crippen molar-refractivity contribution in [3.63, 3.8) is 0 Å². The molecule has 0 N–H and O–H groups in total. The largest absolute Gasteiger partial charge is 0.416 e. The molecule has 1 unspecified atom stereocenters. The summed E-state index contributed by atoms with van der Waals surface area (Å²) in [4.78, 5) is 0. The van der Waals surface area contributed by atoms with Gasteiger partial charge in [-0.05, 0) is 46.0 Å². The summed E-state index contributed by atoms with van der Waals surface area (Å²) in [5.74, 6) is 0. The van der Waals surface area contributed by atoms with E-state index in [0.29, 0.717) is 12.0 Å². The second kappa shape index (κ2) is 3.96. The predicted molar refractivity (Wildman–Crippen MR) is 73.0 cm³/mol. The highest BCUT2D eigenvalue weighted by molar-refractivity contribution is 7.18. The van der Waals surface area contributed by atoms with Crippen LogP contribution in [0.1, 0.15) is 17.2 Å². The molecule has 3 aromatic rings. The maximum atomic E-state index is 12.8. The summed E-state index contributed by atoms with van der Waals surface area (Å²) in [7, 11) is 0. The fraction of sp³-hybridized carbons (Fsp3) is 0.200. The van der Waals surface area contributed by atoms with Gasteiger partial charge in [0.15, 0.2) is 0 Å². The van der Waals surface area contributed by atoms with Gasteiger partial charge in [-0.3, -0.25) is 0 Å². The van der Waals surface area contributed by atoms with Gasteiger partial charge in [-0.25, -0.2) is 0 Å². The Morgan fingerprint density at radius 2 is 1.90 bits per heavy atom. The molecule has 1 atom stereocenters. The minimum Gasteiger partial charge on any atom is -0.368 e. The van der Waals surface area contributed by atoms with E-state index in [-0.39, 0.29) is 6.10 Å². The molecule has 0 amide bonds. The third-order valence-electron chi connectivity index (χ3n) is 3.59. The topological polar surface area (TPSA) is 12.5 Å². The van der Waals surface area contributed by atoms with E-state index in [9.17, 15) is 13.2 Å². The first-order chi connectivity index (χ1) is 9.54. The fourth-order valence-electron chi connectivity index (χ4n) is 2.54. The number of epoxide rings is 1. The average Bonchev–Trinajstić information content (AvgIpc) is 3.12. The molecule has 1 aliphatic rings. The number of hydrogen-bond acceptors (Lipinski definition) is 2. The van der Waals surface area contributed by atoms with Crippen molar-refractivity contribution in [1.29, 1.82) is 0 Å². The first kappa shape index (κ1) is 12.2. The molecule has 102 valence electrons. The van der Waals surface area contributed by atoms with Crippen molar-refractivity contribution in [2.45, 2.75) is 12.3 Å². The molecule has 5 heteroatoms. The fourth-order valence-corrected chi connectivity index (χ4v) is 3.50. The molecule has 2 aromatic carbocycles. The number of hydrogen-bond donors (Lipinski definition) is 0. The Hall–Kier alpha value is -1.59. The normalized spacial score (nSPS) is 18.9. The minimum absolute atomic E-state index is 0.0961. The maximum absolute atomic E-state index is 12.8. The highest BCUT2D eigenvalue weighted by Crippen LogP contribution is 2.42. The lowest BCUT2D eigenvalue weighted by atomic mass is 9.99. The van der Waals surface area contributed by atoms with Crippen molar-refractivity contribution in [1.82, 2.24) is 0 Å². The molecule has 1 fully saturated rings. The van der Waals surface area contributed by atoms with Gasteiger partial charge in [0.05, 0.1) is 12.2 Å². The van der Waals surface area contributed by atoms with Crippen LogP contribution < -0.4 is 0 Å². The first-order valence-electron chi connectivity index (χ1n) is 6.17. The predicted octanol–water partition coefficient (Wildman–Crippen LogP) is 5.14. The Morgan fingerprint density at radius 1 is 1.10 bits per heavy atom. The van der Waals surface area contributed by atoms with E-state index in [2.05, 4.69) is 0 Å². The SMILES string of the molecule is FC(F)(F)c1ccc2cc(C3CO3)c3ccsc3c2c1. The minimum atomic E-state index is -4.31. The maximum Gasteiger partial charge on any atom is 0.416 e. The van der Waals surface area contributed by atoms with Crippen LogP contribution in [0.4, 0.5) is 13.2 Å². The Bertz CT molecular complexity index is 815. The van der Waals surface area contributed by atoms with Crippen LogP contribution >= 0.6 is 11.3 Å². The Balaban J connectivity index is 2.06. The molecular formula is C15H9F3OS. The van der Waals surface area contributed by atoms with Gasteiger partial charge >= 0.3 is 6.18 Å². The monoisotopic (exact) mass is 294 g/mol. The quantitative estimate of drug-likeness (QED) is 0.566. The molecule has 4 rings (SSSR count). The van der Waals surface area contributed by atoms with E-state index in [1.54, 1.807) is 6.07 Å². The molecule has 1 aromatic heterocycles. The summed E-state index contributed by atoms with van der Waals surface area (Å²) < 4.78 is 44.8. The van der Waals surface area contributed by atoms with Crippen molar-refractivity contribution in [3.8, 4) is 0 Å². The number of rotatable bonds is 1. The van der Waals surface area contributed by atoms with E-state index >= 15 is 0 Å². The van der Waals surface area contributed by atoms with Gasteiger partial charge in [-0.15, -0.1) is 11.3 Å². The van der Waals surface area contributed by atoms with Crippen molar-refractivity contribution < 1.29 is 17.9 Å². The molecule has 1 aliphatic heterocycles. The molecular weight excluding hydrogens is 285 g/mol. The third-order valence-corrected chi connectivity index (χ3v) is 4.54. The number of thiophene rings is 1. The third kappa shape index (κ3) is 1.81. The average molecular weight is 294 g/mol. The molecule has 0 spiro atoms. The van der Waals surface area contributed by atoms with Crippen LogP contribution in [0.15, 0.2) is 35.7 Å². The number of alkyl halides is 3. The van der Waals surface area contributed by atoms with Gasteiger partial charge in [-0.2, -0.15) is 13.2 Å². The molecule has 0 radical (unpaired) electrons. The van der Waals surface area contributed by atoms with Crippen LogP contribution in [0.2, 0.25) is 0 Å². The summed E-state index contributed by atoms with van der Waals surface area (Å²) in [6, 6.07) is 7.83. The van der Waals surface area contributed by atoms with Crippen molar-refractivity contribution in [2.75, 3.05) is 6.61 Å². The zero-order valence-electron chi connectivity index (χ0n) is 10.2. The van der Waals surface area contributed by atoms with Gasteiger partial charge in [-0.1, -0.05) is 6.07 Å². The highest BCUT2D eigenvalue weighted by Gasteiger charge is 2.31. The molecule has 1 nitrogen and oxygen atoms in total. The van der Waals surface area contributed by atoms with E-state index in [4.69, 9.17) is 4.74 Å². The van der Waals surface area contributed by atoms with E-state index in [1.807, 2.05) is 17.5 Å². The van der Waals surface area contributed by atoms with Crippen LogP contribution in [0.5, 0.6) is 0 Å². The standard InChI is InChI=1S/C15H9F3OS/c16-15(17,18)9-2-1-8-5-12(13-7-19-13)10-3-4-20-14(10)11(8)6-9/h1-6,13H,7H2. The van der Waals surface area contributed by atoms with Crippen LogP contribution in [-0.4, -0.2) is 6.61 Å². The number of fused-ring (bicyclic) bond motifs is 3. The first-order valence-corrected chi connectivity index (χ1v) is 7.05. The molecule has 1 saturated heterocycles. The lowest BCUT2D eigenvalue weighted by Crippen LogP contribution is -2.04. The lowest BCUT2D eigenvalue weighted by Gasteiger charge is -2.10. The number of halogens is 3. The number of benzene rings is 2. The van der Waals surface area contributed by atoms with Gasteiger partial charge in [0, 0.05) is 10.1 Å². The zero-order chi connectivity index (χ0) is 13.9. The second-order valence-electron chi connectivity index (χ2n) is 4.88. The van der Waals surface area contributed by atoms with E-state index < -0.39 is 11.7 Å². The summed E-state index contributed by atoms with van der Waals surface area (Å²) >= 11 is 1.47. The molecule has 20 heavy (non-hydrogen) atoms. The summed E-state index contributed by atoms with van der Waals surface area (Å²) in [6.45, 7) is 0.692. The van der Waals surface area contributed by atoms with Crippen LogP contribution in [0.25, 0.3) is 20.9 Å². The summed E-state index contributed by atoms with van der Waals surface area (Å²) in [6.07, 6.45) is -4.21. The van der Waals surface area contributed by atoms with E-state index in [0.717, 1.165) is 27.1 Å². The van der Waals surface area contributed by atoms with Gasteiger partial charge in [0.2, 0.25) is 0 Å². The molecule has 0 bridgehead atoms. The lowest BCUT2D eigenvalue weighted by molar-refractivity contribution is -0.137. The van der Waals surface area contributed by atoms with Crippen LogP contribution in [0, 0.1) is 0 Å². The molecule has 0 aliphatic carbocycles. The Morgan fingerprint density at radius 3 is 2.60 bits per heavy atom. The van der Waals surface area contributed by atoms with Crippen LogP contribution in [-0.2, 0) is 10.9 Å². The smallest absolute Gasteiger partial charge is 0.368 e. The van der Waals surface area contributed by atoms with E-state index in [1.165, 1.54) is 17.4 Å². The van der Waals surface area contributed by atoms with Gasteiger partial charge in [0.1, 0.15) is 6.10 Å². The van der Waals surface area contributed by atoms with Crippen molar-refractivity contribution in [2.24, 2.45) is 0 Å². The Labute approximate surface area is 116 Å². The molecule has 2 heterocycles. The zero-order valence-corrected chi connectivity index (χ0v) is 11.0. The van der Waals surface area contributed by atoms with Gasteiger partial charge < -0.3 is 4.74 Å². The summed E-state index contributed by atoms with van der Waals surface area (Å²) in [5.41, 5.74) is 0.476.